The molecule has 4 atom stereocenters. The van der Waals surface area contributed by atoms with Crippen molar-refractivity contribution in [2.24, 2.45) is 0 Å². The molecular weight excluding hydrogens is 350 g/mol. The van der Waals surface area contributed by atoms with Crippen molar-refractivity contribution < 1.29 is 24.1 Å². The van der Waals surface area contributed by atoms with Gasteiger partial charge >= 0.3 is 12.0 Å². The number of hydrogen-bond donors (Lipinski definition) is 2. The van der Waals surface area contributed by atoms with Gasteiger partial charge in [0.25, 0.3) is 0 Å². The second kappa shape index (κ2) is 9.32. The number of esters is 1. The third-order valence-electron chi connectivity index (χ3n) is 5.06. The molecule has 1 aromatic heterocycles. The highest BCUT2D eigenvalue weighted by Gasteiger charge is 2.53. The van der Waals surface area contributed by atoms with E-state index in [0.717, 1.165) is 19.3 Å². The first-order valence-electron chi connectivity index (χ1n) is 9.90. The standard InChI is InChI=1S/C19H29N3O5/c1-2-3-4-5-6-7-8-9-15(24)26-16-13(12-23)25-18-17(16)27-19-21-14(20)10-11-22(18)19/h10-11,13,16-18,20,23H,2-9,12H2,1H3/t13-,16-,17+,18-/m1/s1. The number of rotatable bonds is 10. The van der Waals surface area contributed by atoms with Crippen molar-refractivity contribution in [2.45, 2.75) is 82.8 Å². The molecule has 1 aromatic rings. The molecule has 150 valence electrons. The Labute approximate surface area is 159 Å². The molecule has 0 aliphatic carbocycles. The van der Waals surface area contributed by atoms with Crippen LogP contribution in [0.15, 0.2) is 12.3 Å². The molecule has 8 nitrogen and oxygen atoms in total. The SMILES string of the molecule is CCCCCCCCCC(=O)O[C@H]1[C@@H]2Oc3nc(=N)ccn3[C@@H]2O[C@@H]1CO. The molecule has 2 N–H and O–H groups in total. The zero-order valence-electron chi connectivity index (χ0n) is 15.8. The fourth-order valence-corrected chi connectivity index (χ4v) is 3.60. The number of nitrogens with one attached hydrogen (secondary N) is 1. The quantitative estimate of drug-likeness (QED) is 0.476. The number of carbonyl (C=O) groups is 1. The highest BCUT2D eigenvalue weighted by atomic mass is 16.7. The van der Waals surface area contributed by atoms with Gasteiger partial charge in [-0.3, -0.25) is 14.8 Å². The van der Waals surface area contributed by atoms with Crippen LogP contribution in [0.2, 0.25) is 0 Å². The predicted octanol–water partition coefficient (Wildman–Crippen LogP) is 2.07. The third kappa shape index (κ3) is 4.68. The summed E-state index contributed by atoms with van der Waals surface area (Å²) in [7, 11) is 0. The Kier molecular flexibility index (Phi) is 6.84. The monoisotopic (exact) mass is 379 g/mol. The van der Waals surface area contributed by atoms with E-state index < -0.39 is 24.5 Å². The molecule has 0 saturated carbocycles. The van der Waals surface area contributed by atoms with Crippen LogP contribution >= 0.6 is 0 Å². The number of aliphatic hydroxyl groups excluding tert-OH is 1. The minimum atomic E-state index is -0.687. The van der Waals surface area contributed by atoms with Gasteiger partial charge in [-0.15, -0.1) is 0 Å². The highest BCUT2D eigenvalue weighted by molar-refractivity contribution is 5.69. The number of unbranched alkanes of at least 4 members (excludes halogenated alkanes) is 6. The van der Waals surface area contributed by atoms with Crippen molar-refractivity contribution >= 4 is 5.97 Å². The van der Waals surface area contributed by atoms with E-state index in [9.17, 15) is 9.90 Å². The molecule has 1 saturated heterocycles. The van der Waals surface area contributed by atoms with E-state index in [1.54, 1.807) is 10.8 Å². The summed E-state index contributed by atoms with van der Waals surface area (Å²) >= 11 is 0. The van der Waals surface area contributed by atoms with Crippen LogP contribution in [0, 0.1) is 5.41 Å². The first-order chi connectivity index (χ1) is 13.1. The van der Waals surface area contributed by atoms with Gasteiger partial charge in [0.15, 0.2) is 23.9 Å². The molecule has 1 fully saturated rings. The summed E-state index contributed by atoms with van der Waals surface area (Å²) in [5.41, 5.74) is 0.0902. The Morgan fingerprint density at radius 3 is 2.78 bits per heavy atom. The van der Waals surface area contributed by atoms with Crippen LogP contribution in [-0.2, 0) is 14.3 Å². The Balaban J connectivity index is 1.49. The van der Waals surface area contributed by atoms with E-state index in [4.69, 9.17) is 19.6 Å². The van der Waals surface area contributed by atoms with Gasteiger partial charge in [-0.25, -0.2) is 0 Å². The molecule has 0 amide bonds. The maximum absolute atomic E-state index is 12.2. The lowest BCUT2D eigenvalue weighted by Crippen LogP contribution is -2.39. The van der Waals surface area contributed by atoms with E-state index in [1.165, 1.54) is 31.7 Å². The Hall–Kier alpha value is -1.93. The van der Waals surface area contributed by atoms with E-state index in [2.05, 4.69) is 11.9 Å². The molecule has 8 heteroatoms. The maximum Gasteiger partial charge on any atom is 0.306 e. The minimum absolute atomic E-state index is 0.0902. The van der Waals surface area contributed by atoms with Crippen LogP contribution in [-0.4, -0.2) is 45.5 Å². The molecule has 0 aromatic carbocycles. The lowest BCUT2D eigenvalue weighted by Gasteiger charge is -2.20. The summed E-state index contributed by atoms with van der Waals surface area (Å²) in [5.74, 6) is -0.296. The molecule has 2 aliphatic heterocycles. The summed E-state index contributed by atoms with van der Waals surface area (Å²) in [6.07, 6.45) is 7.55. The van der Waals surface area contributed by atoms with Crippen molar-refractivity contribution in [3.8, 4) is 6.01 Å². The average molecular weight is 379 g/mol. The number of carbonyl (C=O) groups excluding carboxylic acids is 1. The number of aliphatic hydroxyl groups is 1. The van der Waals surface area contributed by atoms with Gasteiger partial charge in [-0.2, -0.15) is 4.98 Å². The molecule has 0 radical (unpaired) electrons. The van der Waals surface area contributed by atoms with E-state index in [0.29, 0.717) is 6.42 Å². The number of nitrogens with zero attached hydrogens (tertiary/aromatic N) is 2. The Morgan fingerprint density at radius 1 is 1.30 bits per heavy atom. The molecule has 27 heavy (non-hydrogen) atoms. The molecule has 3 heterocycles. The fraction of sp³-hybridized carbons (Fsp3) is 0.737. The zero-order valence-corrected chi connectivity index (χ0v) is 15.8. The zero-order chi connectivity index (χ0) is 19.2. The van der Waals surface area contributed by atoms with Gasteiger partial charge in [-0.05, 0) is 12.5 Å². The van der Waals surface area contributed by atoms with Crippen molar-refractivity contribution in [2.75, 3.05) is 6.61 Å². The van der Waals surface area contributed by atoms with Crippen LogP contribution in [0.1, 0.15) is 64.5 Å². The summed E-state index contributed by atoms with van der Waals surface area (Å²) < 4.78 is 18.8. The van der Waals surface area contributed by atoms with Crippen molar-refractivity contribution in [1.29, 1.82) is 5.41 Å². The van der Waals surface area contributed by atoms with Crippen LogP contribution < -0.4 is 10.2 Å². The molecule has 2 aliphatic rings. The maximum atomic E-state index is 12.2. The van der Waals surface area contributed by atoms with E-state index in [1.807, 2.05) is 0 Å². The van der Waals surface area contributed by atoms with Gasteiger partial charge < -0.3 is 19.3 Å². The smallest absolute Gasteiger partial charge is 0.306 e. The van der Waals surface area contributed by atoms with Crippen molar-refractivity contribution in [1.82, 2.24) is 9.55 Å². The summed E-state index contributed by atoms with van der Waals surface area (Å²) in [6.45, 7) is 1.94. The number of fused-ring (bicyclic) bond motifs is 3. The van der Waals surface area contributed by atoms with Crippen molar-refractivity contribution in [3.05, 3.63) is 17.8 Å². The molecular formula is C19H29N3O5. The van der Waals surface area contributed by atoms with E-state index >= 15 is 0 Å². The Morgan fingerprint density at radius 2 is 2.04 bits per heavy atom. The van der Waals surface area contributed by atoms with Gasteiger partial charge in [0.1, 0.15) is 6.10 Å². The summed E-state index contributed by atoms with van der Waals surface area (Å²) in [6, 6.07) is 1.80. The fourth-order valence-electron chi connectivity index (χ4n) is 3.60. The molecule has 0 bridgehead atoms. The summed E-state index contributed by atoms with van der Waals surface area (Å²) in [5, 5.41) is 17.2. The lowest BCUT2D eigenvalue weighted by molar-refractivity contribution is -0.156. The average Bonchev–Trinajstić information content (AvgIpc) is 3.16. The van der Waals surface area contributed by atoms with Crippen LogP contribution in [0.3, 0.4) is 0 Å². The molecule has 0 spiro atoms. The summed E-state index contributed by atoms with van der Waals surface area (Å²) in [4.78, 5) is 16.3. The number of aromatic nitrogens is 2. The molecule has 3 rings (SSSR count). The van der Waals surface area contributed by atoms with Crippen molar-refractivity contribution in [3.63, 3.8) is 0 Å². The van der Waals surface area contributed by atoms with Gasteiger partial charge in [0.2, 0.25) is 0 Å². The Bertz CT molecular complexity index is 692. The van der Waals surface area contributed by atoms with Crippen LogP contribution in [0.25, 0.3) is 0 Å². The molecule has 0 unspecified atom stereocenters. The van der Waals surface area contributed by atoms with Crippen LogP contribution in [0.5, 0.6) is 6.01 Å². The predicted molar refractivity (Wildman–Crippen MR) is 96.0 cm³/mol. The largest absolute Gasteiger partial charge is 0.455 e. The number of hydrogen-bond acceptors (Lipinski definition) is 7. The topological polar surface area (TPSA) is 107 Å². The second-order valence-electron chi connectivity index (χ2n) is 7.16. The van der Waals surface area contributed by atoms with Gasteiger partial charge in [-0.1, -0.05) is 45.4 Å². The minimum Gasteiger partial charge on any atom is -0.455 e. The van der Waals surface area contributed by atoms with Crippen LogP contribution in [0.4, 0.5) is 0 Å². The van der Waals surface area contributed by atoms with Gasteiger partial charge in [0, 0.05) is 12.6 Å². The second-order valence-corrected chi connectivity index (χ2v) is 7.16. The first-order valence-corrected chi connectivity index (χ1v) is 9.90. The normalized spacial score (nSPS) is 25.7. The van der Waals surface area contributed by atoms with E-state index in [-0.39, 0.29) is 24.1 Å². The lowest BCUT2D eigenvalue weighted by atomic mass is 10.1. The number of ether oxygens (including phenoxy) is 3. The third-order valence-corrected chi connectivity index (χ3v) is 5.06. The first kappa shape index (κ1) is 19.8. The van der Waals surface area contributed by atoms with Gasteiger partial charge in [0.05, 0.1) is 6.61 Å². The highest BCUT2D eigenvalue weighted by Crippen LogP contribution is 2.40.